The van der Waals surface area contributed by atoms with Crippen LogP contribution in [0.3, 0.4) is 0 Å². The predicted octanol–water partition coefficient (Wildman–Crippen LogP) is -1.52. The molecule has 0 aromatic heterocycles. The Morgan fingerprint density at radius 3 is 2.53 bits per heavy atom. The lowest BCUT2D eigenvalue weighted by Gasteiger charge is -2.16. The summed E-state index contributed by atoms with van der Waals surface area (Å²) in [5.41, 5.74) is 5.34. The Balaban J connectivity index is 2.44. The van der Waals surface area contributed by atoms with Crippen LogP contribution in [0.2, 0.25) is 0 Å². The van der Waals surface area contributed by atoms with Crippen LogP contribution in [-0.4, -0.2) is 26.7 Å². The third kappa shape index (κ3) is 1.69. The maximum Gasteiger partial charge on any atom is 0.248 e. The Kier molecular flexibility index (Phi) is 2.18. The summed E-state index contributed by atoms with van der Waals surface area (Å²) in [6.07, 6.45) is -2.54. The second-order valence-corrected chi connectivity index (χ2v) is 3.43. The number of benzene rings is 1. The zero-order chi connectivity index (χ0) is 11.2. The van der Waals surface area contributed by atoms with Crippen LogP contribution in [-0.2, 0) is 5.91 Å². The molecule has 0 saturated carbocycles. The first-order valence-corrected chi connectivity index (χ1v) is 4.30. The second kappa shape index (κ2) is 3.16. The average Bonchev–Trinajstić information content (AvgIpc) is 2.41. The minimum absolute atomic E-state index is 0.0120. The highest BCUT2D eigenvalue weighted by atomic mass is 16.6. The first kappa shape index (κ1) is 10.3. The predicted molar refractivity (Wildman–Crippen MR) is 48.3 cm³/mol. The van der Waals surface area contributed by atoms with E-state index in [1.54, 1.807) is 0 Å². The van der Waals surface area contributed by atoms with Crippen LogP contribution in [0.4, 0.5) is 0 Å². The number of aliphatic hydroxyl groups excluding tert-OH is 2. The molecule has 6 nitrogen and oxygen atoms in total. The van der Waals surface area contributed by atoms with Gasteiger partial charge in [0.1, 0.15) is 11.9 Å². The molecule has 0 bridgehead atoms. The molecule has 1 aromatic carbocycles. The summed E-state index contributed by atoms with van der Waals surface area (Å²) >= 11 is 0. The SMILES string of the molecule is NC(O)(O)c1ccc2c(c1)C(O)C(O)O2. The van der Waals surface area contributed by atoms with E-state index >= 15 is 0 Å². The molecule has 0 spiro atoms. The third-order valence-electron chi connectivity index (χ3n) is 2.27. The number of hydrogen-bond donors (Lipinski definition) is 5. The van der Waals surface area contributed by atoms with Crippen LogP contribution in [0, 0.1) is 0 Å². The first-order chi connectivity index (χ1) is 6.89. The van der Waals surface area contributed by atoms with Crippen molar-refractivity contribution in [1.29, 1.82) is 0 Å². The molecule has 1 aromatic rings. The molecule has 0 amide bonds. The van der Waals surface area contributed by atoms with Gasteiger partial charge >= 0.3 is 0 Å². The largest absolute Gasteiger partial charge is 0.462 e. The average molecular weight is 213 g/mol. The lowest BCUT2D eigenvalue weighted by Crippen LogP contribution is -2.35. The van der Waals surface area contributed by atoms with E-state index in [-0.39, 0.29) is 11.1 Å². The van der Waals surface area contributed by atoms with Crippen molar-refractivity contribution < 1.29 is 25.2 Å². The van der Waals surface area contributed by atoms with Crippen molar-refractivity contribution in [1.82, 2.24) is 0 Å². The van der Waals surface area contributed by atoms with Gasteiger partial charge in [-0.1, -0.05) is 0 Å². The van der Waals surface area contributed by atoms with Crippen molar-refractivity contribution in [3.05, 3.63) is 29.3 Å². The highest BCUT2D eigenvalue weighted by molar-refractivity contribution is 5.42. The van der Waals surface area contributed by atoms with Crippen molar-refractivity contribution in [2.45, 2.75) is 18.3 Å². The van der Waals surface area contributed by atoms with Gasteiger partial charge in [0.15, 0.2) is 0 Å². The van der Waals surface area contributed by atoms with Gasteiger partial charge < -0.3 is 25.2 Å². The molecule has 2 rings (SSSR count). The number of nitrogens with two attached hydrogens (primary N) is 1. The summed E-state index contributed by atoms with van der Waals surface area (Å²) < 4.78 is 4.89. The molecule has 1 heterocycles. The van der Waals surface area contributed by atoms with E-state index in [1.807, 2.05) is 0 Å². The Labute approximate surface area is 85.2 Å². The smallest absolute Gasteiger partial charge is 0.248 e. The molecule has 82 valence electrons. The summed E-state index contributed by atoms with van der Waals surface area (Å²) in [5, 5.41) is 36.9. The van der Waals surface area contributed by atoms with Gasteiger partial charge in [0.05, 0.1) is 0 Å². The Bertz CT molecular complexity index is 387. The van der Waals surface area contributed by atoms with E-state index in [1.165, 1.54) is 18.2 Å². The van der Waals surface area contributed by atoms with E-state index in [9.17, 15) is 10.2 Å². The molecule has 0 saturated heterocycles. The normalized spacial score (nSPS) is 24.9. The quantitative estimate of drug-likeness (QED) is 0.362. The van der Waals surface area contributed by atoms with Crippen LogP contribution in [0.25, 0.3) is 0 Å². The van der Waals surface area contributed by atoms with Crippen molar-refractivity contribution >= 4 is 0 Å². The van der Waals surface area contributed by atoms with Crippen LogP contribution in [0.15, 0.2) is 18.2 Å². The van der Waals surface area contributed by atoms with Crippen molar-refractivity contribution in [3.8, 4) is 5.75 Å². The molecular formula is C9H11NO5. The van der Waals surface area contributed by atoms with E-state index in [0.29, 0.717) is 5.75 Å². The van der Waals surface area contributed by atoms with Gasteiger partial charge in [-0.2, -0.15) is 0 Å². The molecule has 6 heteroatoms. The summed E-state index contributed by atoms with van der Waals surface area (Å²) in [6, 6.07) is 4.01. The van der Waals surface area contributed by atoms with Crippen LogP contribution >= 0.6 is 0 Å². The molecule has 2 unspecified atom stereocenters. The molecule has 6 N–H and O–H groups in total. The fraction of sp³-hybridized carbons (Fsp3) is 0.333. The van der Waals surface area contributed by atoms with E-state index in [2.05, 4.69) is 0 Å². The fourth-order valence-corrected chi connectivity index (χ4v) is 1.46. The Hall–Kier alpha value is -1.18. The third-order valence-corrected chi connectivity index (χ3v) is 2.27. The van der Waals surface area contributed by atoms with Crippen molar-refractivity contribution in [2.75, 3.05) is 0 Å². The minimum Gasteiger partial charge on any atom is -0.462 e. The number of hydrogen-bond acceptors (Lipinski definition) is 6. The van der Waals surface area contributed by atoms with Crippen LogP contribution in [0.5, 0.6) is 5.75 Å². The number of ether oxygens (including phenoxy) is 1. The van der Waals surface area contributed by atoms with E-state index < -0.39 is 18.3 Å². The molecule has 2 atom stereocenters. The van der Waals surface area contributed by atoms with Gasteiger partial charge in [0, 0.05) is 11.1 Å². The van der Waals surface area contributed by atoms with E-state index in [0.717, 1.165) is 0 Å². The topological polar surface area (TPSA) is 116 Å². The Morgan fingerprint density at radius 1 is 1.27 bits per heavy atom. The summed E-state index contributed by atoms with van der Waals surface area (Å²) in [7, 11) is 0. The summed E-state index contributed by atoms with van der Waals surface area (Å²) in [6.45, 7) is 0. The molecule has 0 fully saturated rings. The van der Waals surface area contributed by atoms with Crippen molar-refractivity contribution in [3.63, 3.8) is 0 Å². The lowest BCUT2D eigenvalue weighted by atomic mass is 10.0. The zero-order valence-corrected chi connectivity index (χ0v) is 7.66. The zero-order valence-electron chi connectivity index (χ0n) is 7.66. The highest BCUT2D eigenvalue weighted by Crippen LogP contribution is 2.36. The first-order valence-electron chi connectivity index (χ1n) is 4.30. The molecule has 1 aliphatic rings. The van der Waals surface area contributed by atoms with E-state index in [4.69, 9.17) is 20.7 Å². The van der Waals surface area contributed by atoms with Gasteiger partial charge in [0.25, 0.3) is 0 Å². The highest BCUT2D eigenvalue weighted by Gasteiger charge is 2.33. The molecule has 0 aliphatic carbocycles. The molecule has 0 radical (unpaired) electrons. The molecular weight excluding hydrogens is 202 g/mol. The summed E-state index contributed by atoms with van der Waals surface area (Å²) in [4.78, 5) is 0. The maximum atomic E-state index is 9.46. The van der Waals surface area contributed by atoms with Gasteiger partial charge in [-0.3, -0.25) is 5.73 Å². The summed E-state index contributed by atoms with van der Waals surface area (Å²) in [5.74, 6) is -2.18. The monoisotopic (exact) mass is 213 g/mol. The number of fused-ring (bicyclic) bond motifs is 1. The molecule has 1 aliphatic heterocycles. The van der Waals surface area contributed by atoms with Gasteiger partial charge in [-0.25, -0.2) is 0 Å². The van der Waals surface area contributed by atoms with Crippen LogP contribution < -0.4 is 10.5 Å². The lowest BCUT2D eigenvalue weighted by molar-refractivity contribution is -0.163. The van der Waals surface area contributed by atoms with Gasteiger partial charge in [-0.15, -0.1) is 0 Å². The van der Waals surface area contributed by atoms with Gasteiger partial charge in [0.2, 0.25) is 12.2 Å². The number of rotatable bonds is 1. The minimum atomic E-state index is -2.47. The fourth-order valence-electron chi connectivity index (χ4n) is 1.46. The molecule has 15 heavy (non-hydrogen) atoms. The second-order valence-electron chi connectivity index (χ2n) is 3.43. The maximum absolute atomic E-state index is 9.46. The van der Waals surface area contributed by atoms with Crippen LogP contribution in [0.1, 0.15) is 17.2 Å². The Morgan fingerprint density at radius 2 is 1.93 bits per heavy atom. The van der Waals surface area contributed by atoms with Crippen molar-refractivity contribution in [2.24, 2.45) is 5.73 Å². The number of aliphatic hydroxyl groups is 4. The van der Waals surface area contributed by atoms with Gasteiger partial charge in [-0.05, 0) is 18.2 Å². The standard InChI is InChI=1S/C9H11NO5/c10-9(13,14)4-1-2-6-5(3-4)7(11)8(12)15-6/h1-3,7-8,11-14H,10H2.